The Morgan fingerprint density at radius 3 is 2.38 bits per heavy atom. The molecule has 2 aromatic heterocycles. The van der Waals surface area contributed by atoms with E-state index in [1.165, 1.54) is 24.4 Å². The van der Waals surface area contributed by atoms with E-state index in [1.807, 2.05) is 42.8 Å². The van der Waals surface area contributed by atoms with Crippen molar-refractivity contribution in [2.24, 2.45) is 0 Å². The van der Waals surface area contributed by atoms with Crippen LogP contribution in [0.3, 0.4) is 0 Å². The highest BCUT2D eigenvalue weighted by Gasteiger charge is 2.32. The van der Waals surface area contributed by atoms with Gasteiger partial charge in [-0.25, -0.2) is 18.1 Å². The SMILES string of the molecule is Cc1cn(-c2ccc(-c3cccc(S(C)(=O)=O)c3)cc2-n2nncc2Cc2ccccc2OC(F)(F)F)c(C)n1. The third-order valence-electron chi connectivity index (χ3n) is 6.25. The number of alkyl halides is 3. The van der Waals surface area contributed by atoms with Crippen LogP contribution in [0.2, 0.25) is 0 Å². The molecule has 0 fully saturated rings. The molecule has 2 heterocycles. The first kappa shape index (κ1) is 27.1. The van der Waals surface area contributed by atoms with E-state index in [4.69, 9.17) is 0 Å². The van der Waals surface area contributed by atoms with E-state index in [9.17, 15) is 21.6 Å². The lowest BCUT2D eigenvalue weighted by Gasteiger charge is -2.17. The largest absolute Gasteiger partial charge is 0.573 e. The summed E-state index contributed by atoms with van der Waals surface area (Å²) >= 11 is 0. The number of rotatable bonds is 7. The van der Waals surface area contributed by atoms with Gasteiger partial charge in [-0.3, -0.25) is 0 Å². The quantitative estimate of drug-likeness (QED) is 0.253. The predicted molar refractivity (Wildman–Crippen MR) is 142 cm³/mol. The van der Waals surface area contributed by atoms with Crippen LogP contribution in [0.25, 0.3) is 22.5 Å². The molecule has 0 amide bonds. The molecule has 0 saturated carbocycles. The fourth-order valence-corrected chi connectivity index (χ4v) is 5.16. The Balaban J connectivity index is 1.65. The number of hydrogen-bond acceptors (Lipinski definition) is 6. The second-order valence-electron chi connectivity index (χ2n) is 9.27. The monoisotopic (exact) mass is 567 g/mol. The molecule has 8 nitrogen and oxygen atoms in total. The first-order valence-corrected chi connectivity index (χ1v) is 14.0. The highest BCUT2D eigenvalue weighted by atomic mass is 32.2. The number of benzene rings is 3. The van der Waals surface area contributed by atoms with Crippen LogP contribution in [0.5, 0.6) is 5.75 Å². The summed E-state index contributed by atoms with van der Waals surface area (Å²) in [7, 11) is -3.43. The molecule has 0 aliphatic rings. The van der Waals surface area contributed by atoms with Crippen LogP contribution in [0.4, 0.5) is 13.2 Å². The van der Waals surface area contributed by atoms with Crippen molar-refractivity contribution in [3.05, 3.63) is 102 Å². The number of para-hydroxylation sites is 1. The number of halogens is 3. The minimum Gasteiger partial charge on any atom is -0.405 e. The third kappa shape index (κ3) is 5.76. The Labute approximate surface area is 228 Å². The lowest BCUT2D eigenvalue weighted by molar-refractivity contribution is -0.274. The molecule has 5 aromatic rings. The van der Waals surface area contributed by atoms with Gasteiger partial charge in [0.2, 0.25) is 0 Å². The van der Waals surface area contributed by atoms with E-state index in [-0.39, 0.29) is 17.1 Å². The van der Waals surface area contributed by atoms with Gasteiger partial charge in [-0.1, -0.05) is 41.6 Å². The summed E-state index contributed by atoms with van der Waals surface area (Å²) in [6, 6.07) is 18.1. The molecular formula is C28H24F3N5O3S. The molecule has 40 heavy (non-hydrogen) atoms. The number of sulfone groups is 1. The van der Waals surface area contributed by atoms with Crippen LogP contribution in [0.1, 0.15) is 22.8 Å². The van der Waals surface area contributed by atoms with E-state index in [0.717, 1.165) is 17.8 Å². The maximum absolute atomic E-state index is 13.0. The van der Waals surface area contributed by atoms with Crippen molar-refractivity contribution >= 4 is 9.84 Å². The Kier molecular flexibility index (Phi) is 6.96. The average molecular weight is 568 g/mol. The molecule has 0 aliphatic heterocycles. The predicted octanol–water partition coefficient (Wildman–Crippen LogP) is 5.63. The lowest BCUT2D eigenvalue weighted by atomic mass is 10.0. The molecule has 0 saturated heterocycles. The number of ether oxygens (including phenoxy) is 1. The van der Waals surface area contributed by atoms with Crippen molar-refractivity contribution in [3.63, 3.8) is 0 Å². The molecule has 0 N–H and O–H groups in total. The molecule has 12 heteroatoms. The number of nitrogens with zero attached hydrogens (tertiary/aromatic N) is 5. The second-order valence-corrected chi connectivity index (χ2v) is 11.3. The summed E-state index contributed by atoms with van der Waals surface area (Å²) in [5.41, 5.74) is 4.26. The maximum Gasteiger partial charge on any atom is 0.573 e. The van der Waals surface area contributed by atoms with Crippen LogP contribution < -0.4 is 4.74 Å². The topological polar surface area (TPSA) is 91.9 Å². The Hall–Kier alpha value is -4.45. The zero-order valence-corrected chi connectivity index (χ0v) is 22.5. The van der Waals surface area contributed by atoms with Crippen LogP contribution in [-0.4, -0.2) is 45.6 Å². The molecule has 0 radical (unpaired) electrons. The van der Waals surface area contributed by atoms with Gasteiger partial charge in [-0.15, -0.1) is 18.3 Å². The first-order valence-electron chi connectivity index (χ1n) is 12.1. The van der Waals surface area contributed by atoms with Gasteiger partial charge in [0.1, 0.15) is 11.6 Å². The Bertz CT molecular complexity index is 1810. The molecule has 5 rings (SSSR count). The van der Waals surface area contributed by atoms with Gasteiger partial charge < -0.3 is 9.30 Å². The zero-order valence-electron chi connectivity index (χ0n) is 21.7. The van der Waals surface area contributed by atoms with Gasteiger partial charge in [0.05, 0.1) is 33.9 Å². The summed E-state index contributed by atoms with van der Waals surface area (Å²) in [5, 5.41) is 8.33. The van der Waals surface area contributed by atoms with Crippen molar-refractivity contribution < 1.29 is 26.3 Å². The fourth-order valence-electron chi connectivity index (χ4n) is 4.49. The van der Waals surface area contributed by atoms with E-state index in [2.05, 4.69) is 20.0 Å². The second kappa shape index (κ2) is 10.3. The molecule has 0 atom stereocenters. The maximum atomic E-state index is 13.0. The van der Waals surface area contributed by atoms with E-state index in [0.29, 0.717) is 33.8 Å². The molecule has 0 aliphatic carbocycles. The van der Waals surface area contributed by atoms with Crippen LogP contribution in [0.15, 0.2) is 84.0 Å². The molecule has 0 unspecified atom stereocenters. The lowest BCUT2D eigenvalue weighted by Crippen LogP contribution is -2.18. The van der Waals surface area contributed by atoms with Gasteiger partial charge in [0.25, 0.3) is 0 Å². The fraction of sp³-hybridized carbons (Fsp3) is 0.179. The summed E-state index contributed by atoms with van der Waals surface area (Å²) in [5.74, 6) is 0.409. The van der Waals surface area contributed by atoms with Gasteiger partial charge >= 0.3 is 6.36 Å². The standard InChI is InChI=1S/C28H24F3N5O3S/c1-18-17-35(19(2)33-18)25-12-11-21(20-8-6-9-24(14-20)40(3,37)38)15-26(25)36-23(16-32-34-36)13-22-7-4-5-10-27(22)39-28(29,30)31/h4-12,14-17H,13H2,1-3H3. The van der Waals surface area contributed by atoms with E-state index >= 15 is 0 Å². The minimum absolute atomic E-state index is 0.0500. The normalized spacial score (nSPS) is 12.1. The van der Waals surface area contributed by atoms with Crippen molar-refractivity contribution in [3.8, 4) is 28.3 Å². The van der Waals surface area contributed by atoms with Crippen molar-refractivity contribution in [1.29, 1.82) is 0 Å². The number of imidazole rings is 1. The molecule has 0 spiro atoms. The highest BCUT2D eigenvalue weighted by molar-refractivity contribution is 7.90. The Morgan fingerprint density at radius 2 is 1.68 bits per heavy atom. The van der Waals surface area contributed by atoms with Crippen molar-refractivity contribution in [2.45, 2.75) is 31.5 Å². The van der Waals surface area contributed by atoms with E-state index in [1.54, 1.807) is 35.0 Å². The van der Waals surface area contributed by atoms with Gasteiger partial charge in [0.15, 0.2) is 9.84 Å². The molecule has 3 aromatic carbocycles. The highest BCUT2D eigenvalue weighted by Crippen LogP contribution is 2.32. The average Bonchev–Trinajstić information content (AvgIpc) is 3.48. The van der Waals surface area contributed by atoms with Gasteiger partial charge in [-0.2, -0.15) is 0 Å². The third-order valence-corrected chi connectivity index (χ3v) is 7.36. The number of hydrogen-bond donors (Lipinski definition) is 0. The van der Waals surface area contributed by atoms with Crippen LogP contribution >= 0.6 is 0 Å². The summed E-state index contributed by atoms with van der Waals surface area (Å²) in [4.78, 5) is 4.67. The number of aromatic nitrogens is 5. The van der Waals surface area contributed by atoms with Crippen molar-refractivity contribution in [2.75, 3.05) is 6.26 Å². The smallest absolute Gasteiger partial charge is 0.405 e. The first-order chi connectivity index (χ1) is 18.9. The van der Waals surface area contributed by atoms with Gasteiger partial charge in [-0.05, 0) is 55.3 Å². The summed E-state index contributed by atoms with van der Waals surface area (Å²) < 4.78 is 71.1. The summed E-state index contributed by atoms with van der Waals surface area (Å²) in [6.45, 7) is 3.72. The summed E-state index contributed by atoms with van der Waals surface area (Å²) in [6.07, 6.45) is -0.299. The van der Waals surface area contributed by atoms with E-state index < -0.39 is 16.2 Å². The van der Waals surface area contributed by atoms with Crippen molar-refractivity contribution in [1.82, 2.24) is 24.5 Å². The minimum atomic E-state index is -4.84. The molecular weight excluding hydrogens is 543 g/mol. The Morgan fingerprint density at radius 1 is 0.925 bits per heavy atom. The molecule has 206 valence electrons. The zero-order chi connectivity index (χ0) is 28.7. The van der Waals surface area contributed by atoms with Crippen LogP contribution in [0, 0.1) is 13.8 Å². The van der Waals surface area contributed by atoms with Gasteiger partial charge in [0, 0.05) is 24.4 Å². The molecule has 0 bridgehead atoms. The number of aryl methyl sites for hydroxylation is 2. The van der Waals surface area contributed by atoms with Crippen LogP contribution in [-0.2, 0) is 16.3 Å².